The molecule has 0 spiro atoms. The van der Waals surface area contributed by atoms with E-state index in [-0.39, 0.29) is 0 Å². The lowest BCUT2D eigenvalue weighted by Gasteiger charge is -2.31. The molecule has 0 amide bonds. The first-order valence-electron chi connectivity index (χ1n) is 4.43. The smallest absolute Gasteiger partial charge is 0.309 e. The minimum atomic E-state index is -4.16. The molecule has 1 atom stereocenters. The number of hydrogen-bond acceptors (Lipinski definition) is 1. The Balaban J connectivity index is 0. The minimum Gasteiger partial charge on any atom is -0.309 e. The van der Waals surface area contributed by atoms with Gasteiger partial charge in [-0.3, -0.25) is 0 Å². The highest BCUT2D eigenvalue weighted by molar-refractivity contribution is 4.85. The average Bonchev–Trinajstić information content (AvgIpc) is 1.86. The van der Waals surface area contributed by atoms with E-state index in [4.69, 9.17) is 0 Å². The van der Waals surface area contributed by atoms with E-state index >= 15 is 0 Å². The Hall–Kier alpha value is -0.250. The maximum absolute atomic E-state index is 12.2. The highest BCUT2D eigenvalue weighted by Crippen LogP contribution is 2.32. The zero-order valence-corrected chi connectivity index (χ0v) is 9.21. The van der Waals surface area contributed by atoms with Gasteiger partial charge >= 0.3 is 6.18 Å². The summed E-state index contributed by atoms with van der Waals surface area (Å²) < 4.78 is 36.5. The first-order valence-corrected chi connectivity index (χ1v) is 4.43. The summed E-state index contributed by atoms with van der Waals surface area (Å²) in [5.74, 6) is 0. The van der Waals surface area contributed by atoms with E-state index < -0.39 is 17.6 Å². The molecular formula is C9H20F3N. The summed E-state index contributed by atoms with van der Waals surface area (Å²) in [6, 6.07) is -1.44. The van der Waals surface area contributed by atoms with Crippen LogP contribution in [0, 0.1) is 5.41 Å². The topological polar surface area (TPSA) is 12.0 Å². The number of hydrogen-bond donors (Lipinski definition) is 1. The van der Waals surface area contributed by atoms with Gasteiger partial charge in [0.2, 0.25) is 0 Å². The van der Waals surface area contributed by atoms with Gasteiger partial charge < -0.3 is 5.32 Å². The Morgan fingerprint density at radius 1 is 1.00 bits per heavy atom. The third-order valence-electron chi connectivity index (χ3n) is 1.48. The van der Waals surface area contributed by atoms with Gasteiger partial charge in [-0.05, 0) is 12.5 Å². The SMILES string of the molecule is CC.CNC(C(C)(C)C)C(F)(F)F. The molecule has 13 heavy (non-hydrogen) atoms. The Morgan fingerprint density at radius 2 is 1.31 bits per heavy atom. The quantitative estimate of drug-likeness (QED) is 0.683. The van der Waals surface area contributed by atoms with Gasteiger partial charge in [-0.2, -0.15) is 13.2 Å². The fourth-order valence-corrected chi connectivity index (χ4v) is 1.09. The average molecular weight is 199 g/mol. The van der Waals surface area contributed by atoms with E-state index in [1.54, 1.807) is 20.8 Å². The lowest BCUT2D eigenvalue weighted by molar-refractivity contribution is -0.176. The zero-order valence-electron chi connectivity index (χ0n) is 9.21. The molecule has 1 N–H and O–H groups in total. The molecule has 0 aromatic heterocycles. The van der Waals surface area contributed by atoms with Crippen molar-refractivity contribution in [3.05, 3.63) is 0 Å². The third kappa shape index (κ3) is 5.91. The Kier molecular flexibility index (Phi) is 6.41. The van der Waals surface area contributed by atoms with Crippen LogP contribution in [-0.4, -0.2) is 19.3 Å². The lowest BCUT2D eigenvalue weighted by Crippen LogP contribution is -2.49. The Morgan fingerprint density at radius 3 is 1.31 bits per heavy atom. The molecule has 0 saturated carbocycles. The van der Waals surface area contributed by atoms with Crippen LogP contribution in [0.2, 0.25) is 0 Å². The van der Waals surface area contributed by atoms with Gasteiger partial charge in [0, 0.05) is 0 Å². The van der Waals surface area contributed by atoms with Crippen LogP contribution >= 0.6 is 0 Å². The Bertz CT molecular complexity index is 110. The molecule has 0 aromatic carbocycles. The second-order valence-electron chi connectivity index (χ2n) is 3.63. The molecule has 4 heteroatoms. The van der Waals surface area contributed by atoms with Crippen LogP contribution in [0.3, 0.4) is 0 Å². The van der Waals surface area contributed by atoms with Gasteiger partial charge in [-0.1, -0.05) is 34.6 Å². The number of alkyl halides is 3. The standard InChI is InChI=1S/C7H14F3N.C2H6/c1-6(2,3)5(11-4)7(8,9)10;1-2/h5,11H,1-4H3;1-2H3. The van der Waals surface area contributed by atoms with Crippen LogP contribution in [0.4, 0.5) is 13.2 Å². The Labute approximate surface area is 78.7 Å². The summed E-state index contributed by atoms with van der Waals surface area (Å²) in [6.45, 7) is 8.67. The van der Waals surface area contributed by atoms with Gasteiger partial charge in [0.25, 0.3) is 0 Å². The lowest BCUT2D eigenvalue weighted by atomic mass is 9.86. The van der Waals surface area contributed by atoms with Crippen molar-refractivity contribution >= 4 is 0 Å². The van der Waals surface area contributed by atoms with Crippen molar-refractivity contribution in [3.63, 3.8) is 0 Å². The number of nitrogens with one attached hydrogen (secondary N) is 1. The maximum Gasteiger partial charge on any atom is 0.404 e. The molecule has 0 rings (SSSR count). The molecule has 0 bridgehead atoms. The van der Waals surface area contributed by atoms with Crippen molar-refractivity contribution < 1.29 is 13.2 Å². The summed E-state index contributed by atoms with van der Waals surface area (Å²) in [5.41, 5.74) is -0.785. The van der Waals surface area contributed by atoms with Gasteiger partial charge in [0.05, 0.1) is 0 Å². The predicted octanol–water partition coefficient (Wildman–Crippen LogP) is 3.21. The van der Waals surface area contributed by atoms with Crippen LogP contribution in [0.25, 0.3) is 0 Å². The summed E-state index contributed by atoms with van der Waals surface area (Å²) in [4.78, 5) is 0. The molecular weight excluding hydrogens is 179 g/mol. The predicted molar refractivity (Wildman–Crippen MR) is 49.7 cm³/mol. The highest BCUT2D eigenvalue weighted by atomic mass is 19.4. The molecule has 1 nitrogen and oxygen atoms in total. The second-order valence-corrected chi connectivity index (χ2v) is 3.63. The largest absolute Gasteiger partial charge is 0.404 e. The molecule has 0 aliphatic heterocycles. The number of halogens is 3. The van der Waals surface area contributed by atoms with Crippen molar-refractivity contribution in [2.45, 2.75) is 46.8 Å². The van der Waals surface area contributed by atoms with Crippen molar-refractivity contribution in [3.8, 4) is 0 Å². The molecule has 1 unspecified atom stereocenters. The molecule has 0 aromatic rings. The van der Waals surface area contributed by atoms with Crippen LogP contribution < -0.4 is 5.32 Å². The first-order chi connectivity index (χ1) is 5.69. The van der Waals surface area contributed by atoms with Crippen LogP contribution in [-0.2, 0) is 0 Å². The monoisotopic (exact) mass is 199 g/mol. The molecule has 0 aliphatic rings. The van der Waals surface area contributed by atoms with Crippen LogP contribution in [0.15, 0.2) is 0 Å². The van der Waals surface area contributed by atoms with E-state index in [2.05, 4.69) is 5.32 Å². The molecule has 0 aliphatic carbocycles. The van der Waals surface area contributed by atoms with Gasteiger partial charge in [-0.25, -0.2) is 0 Å². The summed E-state index contributed by atoms with van der Waals surface area (Å²) in [5, 5.41) is 2.26. The van der Waals surface area contributed by atoms with E-state index in [9.17, 15) is 13.2 Å². The van der Waals surface area contributed by atoms with Crippen molar-refractivity contribution in [1.82, 2.24) is 5.32 Å². The molecule has 0 radical (unpaired) electrons. The van der Waals surface area contributed by atoms with E-state index in [1.165, 1.54) is 7.05 Å². The summed E-state index contributed by atoms with van der Waals surface area (Å²) in [7, 11) is 1.32. The summed E-state index contributed by atoms with van der Waals surface area (Å²) in [6.07, 6.45) is -4.16. The third-order valence-corrected chi connectivity index (χ3v) is 1.48. The first kappa shape index (κ1) is 15.2. The molecule has 0 heterocycles. The van der Waals surface area contributed by atoms with Gasteiger partial charge in [-0.15, -0.1) is 0 Å². The highest BCUT2D eigenvalue weighted by Gasteiger charge is 2.45. The molecule has 0 fully saturated rings. The van der Waals surface area contributed by atoms with Crippen molar-refractivity contribution in [2.24, 2.45) is 5.41 Å². The second kappa shape index (κ2) is 5.47. The zero-order chi connectivity index (χ0) is 11.3. The fourth-order valence-electron chi connectivity index (χ4n) is 1.09. The van der Waals surface area contributed by atoms with Crippen molar-refractivity contribution in [1.29, 1.82) is 0 Å². The molecule has 82 valence electrons. The fraction of sp³-hybridized carbons (Fsp3) is 1.00. The van der Waals surface area contributed by atoms with E-state index in [0.717, 1.165) is 0 Å². The van der Waals surface area contributed by atoms with Crippen LogP contribution in [0.1, 0.15) is 34.6 Å². The summed E-state index contributed by atoms with van der Waals surface area (Å²) >= 11 is 0. The normalized spacial score (nSPS) is 14.5. The van der Waals surface area contributed by atoms with Crippen molar-refractivity contribution in [2.75, 3.05) is 7.05 Å². The van der Waals surface area contributed by atoms with Gasteiger partial charge in [0.1, 0.15) is 6.04 Å². The number of rotatable bonds is 1. The van der Waals surface area contributed by atoms with Crippen LogP contribution in [0.5, 0.6) is 0 Å². The van der Waals surface area contributed by atoms with E-state index in [1.807, 2.05) is 13.8 Å². The molecule has 0 saturated heterocycles. The van der Waals surface area contributed by atoms with Gasteiger partial charge in [0.15, 0.2) is 0 Å². The maximum atomic E-state index is 12.2. The minimum absolute atomic E-state index is 0.785. The van der Waals surface area contributed by atoms with E-state index in [0.29, 0.717) is 0 Å².